The van der Waals surface area contributed by atoms with Crippen molar-refractivity contribution in [2.75, 3.05) is 6.61 Å². The fourth-order valence-electron chi connectivity index (χ4n) is 4.54. The summed E-state index contributed by atoms with van der Waals surface area (Å²) < 4.78 is 8.28. The average molecular weight is 478 g/mol. The van der Waals surface area contributed by atoms with Crippen LogP contribution in [0.2, 0.25) is 0 Å². The number of non-ortho nitro benzene ring substituents is 1. The molecule has 4 aromatic rings. The van der Waals surface area contributed by atoms with Crippen molar-refractivity contribution in [1.29, 1.82) is 0 Å². The third kappa shape index (κ3) is 3.81. The number of hydrogen-bond donors (Lipinski definition) is 0. The second-order valence-electron chi connectivity index (χ2n) is 8.25. The topological polar surface area (TPSA) is 96.4 Å². The molecular formula is C25H23N3O5S. The Kier molecular flexibility index (Phi) is 5.79. The monoisotopic (exact) mass is 477 g/mol. The minimum Gasteiger partial charge on any atom is -0.494 e. The Bertz CT molecular complexity index is 1510. The number of aryl methyl sites for hydroxylation is 2. The highest BCUT2D eigenvalue weighted by Gasteiger charge is 2.24. The van der Waals surface area contributed by atoms with Gasteiger partial charge in [-0.25, -0.2) is 9.36 Å². The summed E-state index contributed by atoms with van der Waals surface area (Å²) in [6.45, 7) is 2.54. The van der Waals surface area contributed by atoms with Gasteiger partial charge in [-0.05, 0) is 68.0 Å². The van der Waals surface area contributed by atoms with E-state index < -0.39 is 10.6 Å². The fourth-order valence-corrected chi connectivity index (χ4v) is 5.92. The van der Waals surface area contributed by atoms with E-state index in [2.05, 4.69) is 0 Å². The van der Waals surface area contributed by atoms with Crippen LogP contribution in [0.5, 0.6) is 5.75 Å². The van der Waals surface area contributed by atoms with Crippen LogP contribution in [-0.2, 0) is 19.4 Å². The van der Waals surface area contributed by atoms with Gasteiger partial charge in [0, 0.05) is 17.0 Å². The third-order valence-electron chi connectivity index (χ3n) is 6.11. The molecule has 34 heavy (non-hydrogen) atoms. The number of nitro benzene ring substituents is 1. The second-order valence-corrected chi connectivity index (χ2v) is 9.34. The predicted molar refractivity (Wildman–Crippen MR) is 132 cm³/mol. The van der Waals surface area contributed by atoms with Gasteiger partial charge in [0.15, 0.2) is 0 Å². The first kappa shape index (κ1) is 22.1. The van der Waals surface area contributed by atoms with E-state index in [0.29, 0.717) is 33.8 Å². The molecule has 2 aromatic heterocycles. The molecule has 174 valence electrons. The van der Waals surface area contributed by atoms with Crippen LogP contribution in [0, 0.1) is 10.1 Å². The molecule has 1 aliphatic carbocycles. The van der Waals surface area contributed by atoms with Gasteiger partial charge in [0.25, 0.3) is 11.2 Å². The molecule has 2 aromatic carbocycles. The van der Waals surface area contributed by atoms with Crippen LogP contribution in [0.1, 0.15) is 35.8 Å². The molecule has 0 amide bonds. The molecule has 0 saturated heterocycles. The Morgan fingerprint density at radius 1 is 1.09 bits per heavy atom. The quantitative estimate of drug-likeness (QED) is 0.302. The predicted octanol–water partition coefficient (Wildman–Crippen LogP) is 4.45. The molecule has 0 saturated carbocycles. The van der Waals surface area contributed by atoms with Crippen molar-refractivity contribution < 1.29 is 9.66 Å². The largest absolute Gasteiger partial charge is 0.494 e. The molecule has 5 rings (SSSR count). The number of nitro groups is 1. The van der Waals surface area contributed by atoms with Crippen molar-refractivity contribution >= 4 is 27.2 Å². The number of hydrogen-bond acceptors (Lipinski definition) is 6. The zero-order valence-electron chi connectivity index (χ0n) is 18.7. The number of fused-ring (bicyclic) bond motifs is 3. The van der Waals surface area contributed by atoms with Crippen molar-refractivity contribution in [2.45, 2.75) is 39.2 Å². The van der Waals surface area contributed by atoms with Gasteiger partial charge in [0.05, 0.1) is 29.1 Å². The zero-order chi connectivity index (χ0) is 23.8. The average Bonchev–Trinajstić information content (AvgIpc) is 3.23. The molecular weight excluding hydrogens is 454 g/mol. The van der Waals surface area contributed by atoms with Crippen molar-refractivity contribution in [1.82, 2.24) is 9.13 Å². The molecule has 2 heterocycles. The van der Waals surface area contributed by atoms with E-state index in [1.807, 2.05) is 6.92 Å². The summed E-state index contributed by atoms with van der Waals surface area (Å²) in [4.78, 5) is 40.0. The van der Waals surface area contributed by atoms with E-state index in [0.717, 1.165) is 36.1 Å². The number of ether oxygens (including phenoxy) is 1. The van der Waals surface area contributed by atoms with Crippen LogP contribution in [0.4, 0.5) is 5.69 Å². The smallest absolute Gasteiger partial charge is 0.337 e. The van der Waals surface area contributed by atoms with Crippen LogP contribution >= 0.6 is 11.3 Å². The summed E-state index contributed by atoms with van der Waals surface area (Å²) in [6, 6.07) is 13.1. The van der Waals surface area contributed by atoms with E-state index in [1.54, 1.807) is 41.0 Å². The van der Waals surface area contributed by atoms with Gasteiger partial charge in [0.1, 0.15) is 10.6 Å². The summed E-state index contributed by atoms with van der Waals surface area (Å²) in [5.41, 5.74) is 1.30. The van der Waals surface area contributed by atoms with Crippen LogP contribution in [0.25, 0.3) is 15.9 Å². The Balaban J connectivity index is 1.74. The lowest BCUT2D eigenvalue weighted by Crippen LogP contribution is -2.39. The van der Waals surface area contributed by atoms with E-state index in [1.165, 1.54) is 28.0 Å². The number of nitrogens with zero attached hydrogens (tertiary/aromatic N) is 3. The molecule has 0 bridgehead atoms. The van der Waals surface area contributed by atoms with Crippen LogP contribution < -0.4 is 16.0 Å². The van der Waals surface area contributed by atoms with Gasteiger partial charge in [-0.15, -0.1) is 11.3 Å². The number of thiophene rings is 1. The van der Waals surface area contributed by atoms with Crippen molar-refractivity contribution in [3.8, 4) is 11.4 Å². The molecule has 0 N–H and O–H groups in total. The summed E-state index contributed by atoms with van der Waals surface area (Å²) in [7, 11) is 0. The van der Waals surface area contributed by atoms with Crippen molar-refractivity contribution in [2.24, 2.45) is 0 Å². The highest BCUT2D eigenvalue weighted by atomic mass is 32.1. The Morgan fingerprint density at radius 3 is 2.59 bits per heavy atom. The first-order valence-electron chi connectivity index (χ1n) is 11.2. The van der Waals surface area contributed by atoms with Gasteiger partial charge >= 0.3 is 5.69 Å². The highest BCUT2D eigenvalue weighted by Crippen LogP contribution is 2.34. The van der Waals surface area contributed by atoms with E-state index in [-0.39, 0.29) is 17.8 Å². The van der Waals surface area contributed by atoms with Gasteiger partial charge in [-0.3, -0.25) is 19.5 Å². The molecule has 0 aliphatic heterocycles. The normalized spacial score (nSPS) is 13.1. The molecule has 0 radical (unpaired) electrons. The first-order valence-corrected chi connectivity index (χ1v) is 12.1. The Morgan fingerprint density at radius 2 is 1.85 bits per heavy atom. The molecule has 0 unspecified atom stereocenters. The molecule has 1 aliphatic rings. The van der Waals surface area contributed by atoms with E-state index in [4.69, 9.17) is 4.74 Å². The first-order chi connectivity index (χ1) is 16.5. The standard InChI is InChI=1S/C25H23N3O5S/c1-2-33-19-12-10-17(11-13-19)27-23(29)22-20-8-3-4-9-21(20)34-24(22)26(25(27)30)15-16-6-5-7-18(14-16)28(31)32/h5-7,10-14H,2-4,8-9,15H2,1H3. The summed E-state index contributed by atoms with van der Waals surface area (Å²) in [5, 5.41) is 11.8. The summed E-state index contributed by atoms with van der Waals surface area (Å²) in [5.74, 6) is 0.658. The minimum absolute atomic E-state index is 0.0351. The van der Waals surface area contributed by atoms with Gasteiger partial charge in [0.2, 0.25) is 0 Å². The molecule has 9 heteroatoms. The van der Waals surface area contributed by atoms with E-state index in [9.17, 15) is 19.7 Å². The van der Waals surface area contributed by atoms with Crippen molar-refractivity contribution in [3.05, 3.63) is 95.5 Å². The van der Waals surface area contributed by atoms with E-state index >= 15 is 0 Å². The maximum Gasteiger partial charge on any atom is 0.337 e. The zero-order valence-corrected chi connectivity index (χ0v) is 19.5. The van der Waals surface area contributed by atoms with Crippen LogP contribution in [0.15, 0.2) is 58.1 Å². The number of rotatable bonds is 6. The van der Waals surface area contributed by atoms with Crippen molar-refractivity contribution in [3.63, 3.8) is 0 Å². The third-order valence-corrected chi connectivity index (χ3v) is 7.42. The Labute approximate surface area is 198 Å². The van der Waals surface area contributed by atoms with Crippen LogP contribution in [0.3, 0.4) is 0 Å². The molecule has 0 spiro atoms. The summed E-state index contributed by atoms with van der Waals surface area (Å²) in [6.07, 6.45) is 3.76. The minimum atomic E-state index is -0.466. The lowest BCUT2D eigenvalue weighted by Gasteiger charge is -2.14. The molecule has 0 atom stereocenters. The number of aromatic nitrogens is 2. The number of benzene rings is 2. The van der Waals surface area contributed by atoms with Crippen LogP contribution in [-0.4, -0.2) is 20.7 Å². The summed E-state index contributed by atoms with van der Waals surface area (Å²) >= 11 is 1.49. The fraction of sp³-hybridized carbons (Fsp3) is 0.280. The Hall–Kier alpha value is -3.72. The second kappa shape index (κ2) is 8.90. The van der Waals surface area contributed by atoms with Gasteiger partial charge in [-0.2, -0.15) is 0 Å². The molecule has 0 fully saturated rings. The highest BCUT2D eigenvalue weighted by molar-refractivity contribution is 7.18. The van der Waals surface area contributed by atoms with Gasteiger partial charge in [-0.1, -0.05) is 12.1 Å². The maximum atomic E-state index is 13.7. The lowest BCUT2D eigenvalue weighted by atomic mass is 9.97. The lowest BCUT2D eigenvalue weighted by molar-refractivity contribution is -0.384. The van der Waals surface area contributed by atoms with Gasteiger partial charge < -0.3 is 4.74 Å². The SMILES string of the molecule is CCOc1ccc(-n2c(=O)c3c4c(sc3n(Cc3cccc([N+](=O)[O-])c3)c2=O)CCCC4)cc1. The molecule has 8 nitrogen and oxygen atoms in total. The maximum absolute atomic E-state index is 13.7.